The summed E-state index contributed by atoms with van der Waals surface area (Å²) in [6.07, 6.45) is 0. The van der Waals surface area contributed by atoms with Gasteiger partial charge in [-0.1, -0.05) is 0 Å². The van der Waals surface area contributed by atoms with Gasteiger partial charge in [0, 0.05) is 32.6 Å². The van der Waals surface area contributed by atoms with Gasteiger partial charge in [-0.15, -0.1) is 11.3 Å². The van der Waals surface area contributed by atoms with Gasteiger partial charge in [0.1, 0.15) is 0 Å². The van der Waals surface area contributed by atoms with Crippen molar-refractivity contribution < 1.29 is 13.2 Å². The van der Waals surface area contributed by atoms with E-state index in [-0.39, 0.29) is 11.7 Å². The first-order chi connectivity index (χ1) is 8.47. The maximum Gasteiger partial charge on any atom is 0.194 e. The van der Waals surface area contributed by atoms with E-state index in [1.807, 2.05) is 18.4 Å². The summed E-state index contributed by atoms with van der Waals surface area (Å²) in [5.74, 6) is -3.85. The molecule has 1 aromatic carbocycles. The molecule has 2 aromatic rings. The van der Waals surface area contributed by atoms with Crippen LogP contribution in [0.4, 0.5) is 18.9 Å². The zero-order chi connectivity index (χ0) is 13.3. The Balaban J connectivity index is 2.19. The van der Waals surface area contributed by atoms with Crippen molar-refractivity contribution in [2.75, 3.05) is 5.32 Å². The van der Waals surface area contributed by atoms with Gasteiger partial charge in [-0.2, -0.15) is 0 Å². The average molecular weight is 336 g/mol. The lowest BCUT2D eigenvalue weighted by molar-refractivity contribution is 0.447. The van der Waals surface area contributed by atoms with Gasteiger partial charge in [-0.3, -0.25) is 0 Å². The van der Waals surface area contributed by atoms with Crippen molar-refractivity contribution in [3.63, 3.8) is 0 Å². The summed E-state index contributed by atoms with van der Waals surface area (Å²) < 4.78 is 39.8. The lowest BCUT2D eigenvalue weighted by atomic mass is 10.2. The fraction of sp³-hybridized carbons (Fsp3) is 0.167. The van der Waals surface area contributed by atoms with Crippen molar-refractivity contribution in [3.05, 3.63) is 50.4 Å². The van der Waals surface area contributed by atoms with Crippen LogP contribution in [0.15, 0.2) is 28.1 Å². The number of hydrogen-bond donors (Lipinski definition) is 1. The molecule has 0 saturated heterocycles. The highest BCUT2D eigenvalue weighted by Gasteiger charge is 2.13. The number of halogens is 4. The molecule has 2 rings (SSSR count). The van der Waals surface area contributed by atoms with Crippen LogP contribution in [0, 0.1) is 17.5 Å². The molecule has 1 heterocycles. The van der Waals surface area contributed by atoms with E-state index in [0.29, 0.717) is 0 Å². The van der Waals surface area contributed by atoms with E-state index < -0.39 is 17.5 Å². The Kier molecular flexibility index (Phi) is 3.97. The number of anilines is 1. The molecule has 6 heteroatoms. The first kappa shape index (κ1) is 13.4. The summed E-state index contributed by atoms with van der Waals surface area (Å²) in [7, 11) is 0. The van der Waals surface area contributed by atoms with Gasteiger partial charge in [-0.05, 0) is 28.9 Å². The predicted octanol–water partition coefficient (Wildman–Crippen LogP) is 5.10. The van der Waals surface area contributed by atoms with Gasteiger partial charge >= 0.3 is 0 Å². The van der Waals surface area contributed by atoms with E-state index in [4.69, 9.17) is 0 Å². The van der Waals surface area contributed by atoms with Crippen LogP contribution >= 0.6 is 27.3 Å². The standard InChI is InChI=1S/C12H9BrF3NS/c1-6(11-2-7(13)5-18-11)17-8-3-9(14)12(16)10(15)4-8/h2-6,17H,1H3. The highest BCUT2D eigenvalue weighted by molar-refractivity contribution is 9.10. The smallest absolute Gasteiger partial charge is 0.194 e. The van der Waals surface area contributed by atoms with Crippen molar-refractivity contribution >= 4 is 33.0 Å². The molecule has 0 spiro atoms. The molecule has 0 radical (unpaired) electrons. The fourth-order valence-electron chi connectivity index (χ4n) is 1.52. The third-order valence-electron chi connectivity index (χ3n) is 2.38. The summed E-state index contributed by atoms with van der Waals surface area (Å²) in [6, 6.07) is 3.68. The molecule has 0 aliphatic heterocycles. The van der Waals surface area contributed by atoms with Crippen molar-refractivity contribution in [1.82, 2.24) is 0 Å². The van der Waals surface area contributed by atoms with Crippen molar-refractivity contribution in [1.29, 1.82) is 0 Å². The Hall–Kier alpha value is -1.01. The zero-order valence-electron chi connectivity index (χ0n) is 9.31. The second-order valence-electron chi connectivity index (χ2n) is 3.79. The third kappa shape index (κ3) is 2.87. The third-order valence-corrected chi connectivity index (χ3v) is 4.26. The molecule has 0 saturated carbocycles. The molecule has 1 aromatic heterocycles. The molecule has 96 valence electrons. The van der Waals surface area contributed by atoms with Crippen LogP contribution in [0.2, 0.25) is 0 Å². The van der Waals surface area contributed by atoms with Gasteiger partial charge in [0.05, 0.1) is 6.04 Å². The minimum Gasteiger partial charge on any atom is -0.378 e. The molecular formula is C12H9BrF3NS. The Morgan fingerprint density at radius 1 is 1.17 bits per heavy atom. The van der Waals surface area contributed by atoms with E-state index in [9.17, 15) is 13.2 Å². The molecule has 18 heavy (non-hydrogen) atoms. The van der Waals surface area contributed by atoms with E-state index >= 15 is 0 Å². The Labute approximate surface area is 115 Å². The fourth-order valence-corrected chi connectivity index (χ4v) is 2.97. The Bertz CT molecular complexity index is 547. The summed E-state index contributed by atoms with van der Waals surface area (Å²) in [5, 5.41) is 4.84. The summed E-state index contributed by atoms with van der Waals surface area (Å²) in [5.41, 5.74) is 0.212. The van der Waals surface area contributed by atoms with Crippen LogP contribution in [0.1, 0.15) is 17.8 Å². The summed E-state index contributed by atoms with van der Waals surface area (Å²) >= 11 is 4.85. The minimum absolute atomic E-state index is 0.120. The maximum atomic E-state index is 13.0. The number of benzene rings is 1. The van der Waals surface area contributed by atoms with Gasteiger partial charge in [-0.25, -0.2) is 13.2 Å². The Morgan fingerprint density at radius 3 is 2.28 bits per heavy atom. The molecule has 0 amide bonds. The predicted molar refractivity (Wildman–Crippen MR) is 70.4 cm³/mol. The lowest BCUT2D eigenvalue weighted by Gasteiger charge is -2.14. The maximum absolute atomic E-state index is 13.0. The molecule has 1 N–H and O–H groups in total. The van der Waals surface area contributed by atoms with Gasteiger partial charge in [0.25, 0.3) is 0 Å². The Morgan fingerprint density at radius 2 is 1.78 bits per heavy atom. The summed E-state index contributed by atoms with van der Waals surface area (Å²) in [6.45, 7) is 1.86. The zero-order valence-corrected chi connectivity index (χ0v) is 11.7. The second kappa shape index (κ2) is 5.32. The molecule has 0 aliphatic carbocycles. The molecule has 1 nitrogen and oxygen atoms in total. The highest BCUT2D eigenvalue weighted by atomic mass is 79.9. The largest absolute Gasteiger partial charge is 0.378 e. The topological polar surface area (TPSA) is 12.0 Å². The van der Waals surface area contributed by atoms with Crippen LogP contribution in [0.25, 0.3) is 0 Å². The molecule has 1 atom stereocenters. The number of nitrogens with one attached hydrogen (secondary N) is 1. The molecule has 0 aliphatic rings. The molecule has 1 unspecified atom stereocenters. The second-order valence-corrected chi connectivity index (χ2v) is 5.65. The minimum atomic E-state index is -1.45. The van der Waals surface area contributed by atoms with Crippen molar-refractivity contribution in [2.45, 2.75) is 13.0 Å². The van der Waals surface area contributed by atoms with Crippen LogP contribution in [0.3, 0.4) is 0 Å². The first-order valence-electron chi connectivity index (χ1n) is 5.12. The van der Waals surface area contributed by atoms with E-state index in [0.717, 1.165) is 21.5 Å². The lowest BCUT2D eigenvalue weighted by Crippen LogP contribution is -2.06. The number of rotatable bonds is 3. The number of hydrogen-bond acceptors (Lipinski definition) is 2. The van der Waals surface area contributed by atoms with Crippen molar-refractivity contribution in [3.8, 4) is 0 Å². The van der Waals surface area contributed by atoms with Crippen LogP contribution in [-0.4, -0.2) is 0 Å². The van der Waals surface area contributed by atoms with E-state index in [2.05, 4.69) is 21.2 Å². The highest BCUT2D eigenvalue weighted by Crippen LogP contribution is 2.28. The van der Waals surface area contributed by atoms with E-state index in [1.54, 1.807) is 0 Å². The number of thiophene rings is 1. The first-order valence-corrected chi connectivity index (χ1v) is 6.79. The van der Waals surface area contributed by atoms with E-state index in [1.165, 1.54) is 11.3 Å². The normalized spacial score (nSPS) is 12.5. The average Bonchev–Trinajstić information content (AvgIpc) is 2.72. The van der Waals surface area contributed by atoms with Gasteiger partial charge in [0.15, 0.2) is 17.5 Å². The van der Waals surface area contributed by atoms with Gasteiger partial charge in [0.2, 0.25) is 0 Å². The van der Waals surface area contributed by atoms with Crippen LogP contribution < -0.4 is 5.32 Å². The monoisotopic (exact) mass is 335 g/mol. The SMILES string of the molecule is CC(Nc1cc(F)c(F)c(F)c1)c1cc(Br)cs1. The summed E-state index contributed by atoms with van der Waals surface area (Å²) in [4.78, 5) is 1.01. The van der Waals surface area contributed by atoms with Crippen LogP contribution in [0.5, 0.6) is 0 Å². The molecule has 0 bridgehead atoms. The quantitative estimate of drug-likeness (QED) is 0.769. The molecular weight excluding hydrogens is 327 g/mol. The van der Waals surface area contributed by atoms with Gasteiger partial charge < -0.3 is 5.32 Å². The molecule has 0 fully saturated rings. The van der Waals surface area contributed by atoms with Crippen molar-refractivity contribution in [2.24, 2.45) is 0 Å². The van der Waals surface area contributed by atoms with Crippen LogP contribution in [-0.2, 0) is 0 Å².